The van der Waals surface area contributed by atoms with Crippen LogP contribution in [0.1, 0.15) is 27.4 Å². The van der Waals surface area contributed by atoms with Gasteiger partial charge in [0, 0.05) is 10.8 Å². The average molecular weight is 617 g/mol. The highest BCUT2D eigenvalue weighted by molar-refractivity contribution is 6.27. The van der Waals surface area contributed by atoms with Gasteiger partial charge in [0.2, 0.25) is 0 Å². The van der Waals surface area contributed by atoms with Gasteiger partial charge < -0.3 is 4.42 Å². The first-order valence-corrected chi connectivity index (χ1v) is 14.6. The van der Waals surface area contributed by atoms with E-state index in [1.165, 1.54) is 0 Å². The lowest BCUT2D eigenvalue weighted by atomic mass is 9.83. The molecule has 0 saturated heterocycles. The van der Waals surface area contributed by atoms with Crippen molar-refractivity contribution in [2.24, 2.45) is 0 Å². The van der Waals surface area contributed by atoms with E-state index in [2.05, 4.69) is 0 Å². The van der Waals surface area contributed by atoms with E-state index in [0.717, 1.165) is 0 Å². The molecule has 10 aromatic rings. The lowest BCUT2D eigenvalue weighted by molar-refractivity contribution is 0.669. The lowest BCUT2D eigenvalue weighted by Crippen LogP contribution is -1.93. The van der Waals surface area contributed by atoms with Crippen LogP contribution in [0.15, 0.2) is 174 Å². The zero-order chi connectivity index (χ0) is 48.3. The zero-order valence-electron chi connectivity index (χ0n) is 44.0. The molecule has 1 heterocycles. The average Bonchev–Trinajstić information content (AvgIpc) is 3.72. The minimum atomic E-state index is -0.759. The molecule has 9 aromatic carbocycles. The summed E-state index contributed by atoms with van der Waals surface area (Å²) in [5, 5.41) is -0.343. The highest BCUT2D eigenvalue weighted by Crippen LogP contribution is 2.48. The summed E-state index contributed by atoms with van der Waals surface area (Å²) in [5.74, 6) is 0. The Morgan fingerprint density at radius 1 is 0.383 bits per heavy atom. The number of rotatable bonds is 3. The Balaban J connectivity index is 1.46. The van der Waals surface area contributed by atoms with Gasteiger partial charge in [-0.25, -0.2) is 0 Å². The molecule has 0 amide bonds. The van der Waals surface area contributed by atoms with Crippen molar-refractivity contribution in [1.82, 2.24) is 0 Å². The summed E-state index contributed by atoms with van der Waals surface area (Å²) in [6.07, 6.45) is 0. The van der Waals surface area contributed by atoms with E-state index in [1.54, 1.807) is 48.5 Å². The van der Waals surface area contributed by atoms with Gasteiger partial charge >= 0.3 is 0 Å². The third-order valence-corrected chi connectivity index (χ3v) is 8.32. The second kappa shape index (κ2) is 10.2. The van der Waals surface area contributed by atoms with Gasteiger partial charge in [-0.3, -0.25) is 0 Å². The highest BCUT2D eigenvalue weighted by atomic mass is 16.3. The first-order valence-electron chi connectivity index (χ1n) is 24.6. The third-order valence-electron chi connectivity index (χ3n) is 8.32. The van der Waals surface area contributed by atoms with Crippen molar-refractivity contribution >= 4 is 65.0 Å². The van der Waals surface area contributed by atoms with Crippen LogP contribution in [-0.2, 0) is 0 Å². The molecule has 0 N–H and O–H groups in total. The smallest absolute Gasteiger partial charge is 0.136 e. The van der Waals surface area contributed by atoms with Gasteiger partial charge in [0.1, 0.15) is 11.2 Å². The number of hydrogen-bond donors (Lipinski definition) is 0. The molecule has 0 saturated carbocycles. The molecule has 0 bridgehead atoms. The molecular formula is C46H28O. The van der Waals surface area contributed by atoms with Crippen LogP contribution in [-0.4, -0.2) is 0 Å². The van der Waals surface area contributed by atoms with E-state index < -0.39 is 132 Å². The maximum atomic E-state index is 9.94. The van der Waals surface area contributed by atoms with E-state index in [9.17, 15) is 8.22 Å². The van der Waals surface area contributed by atoms with Crippen molar-refractivity contribution in [2.45, 2.75) is 0 Å². The van der Waals surface area contributed by atoms with E-state index in [4.69, 9.17) is 23.6 Å². The molecule has 1 aromatic heterocycles. The predicted molar refractivity (Wildman–Crippen MR) is 200 cm³/mol. The lowest BCUT2D eigenvalue weighted by Gasteiger charge is -2.20. The van der Waals surface area contributed by atoms with E-state index in [1.807, 2.05) is 0 Å². The first-order chi connectivity index (χ1) is 31.7. The van der Waals surface area contributed by atoms with E-state index in [-0.39, 0.29) is 76.5 Å². The number of furan rings is 1. The molecule has 0 aliphatic carbocycles. The Morgan fingerprint density at radius 3 is 1.68 bits per heavy atom. The molecule has 0 radical (unpaired) electrons. The number of fused-ring (bicyclic) bond motifs is 7. The van der Waals surface area contributed by atoms with E-state index in [0.29, 0.717) is 10.8 Å². The summed E-state index contributed by atoms with van der Waals surface area (Å²) >= 11 is 0. The summed E-state index contributed by atoms with van der Waals surface area (Å²) in [6.45, 7) is 0. The van der Waals surface area contributed by atoms with Crippen LogP contribution < -0.4 is 0 Å². The SMILES string of the molecule is [2H]c1c([2H])c([2H])c(-c2c([2H])c(-c3c4ccccc4c(-c4c([2H])c([2H])c([2H])c5oc6c([2H])c7c([2H])c([2H])c([2H])c([2H])c7c([2H])c6c45)c4ccccc34)c3c([2H])c([2H])c([2H])c([2H])c3c2[2H])c([2H])c1[2H]. The Hall–Kier alpha value is -6.18. The fraction of sp³-hybridized carbons (Fsp3) is 0. The molecule has 0 atom stereocenters. The van der Waals surface area contributed by atoms with Gasteiger partial charge in [0.05, 0.1) is 27.4 Å². The van der Waals surface area contributed by atoms with Crippen LogP contribution in [0.5, 0.6) is 0 Å². The standard InChI is InChI=1S/C46H28O/c1-2-13-29(14-3-1)33-25-32-17-6-7-18-34(32)40(27-33)45-37-21-10-8-19-35(37)44(36-20-9-11-22-38(36)45)39-23-12-24-42-46(39)41-26-30-15-4-5-16-31(30)28-43(41)47-42/h1-28H/i1D,2D,3D,4D,5D,6D,7D,12D,13D,14D,15D,16D,17D,18D,23D,24D,25D,26D,27D,28D. The van der Waals surface area contributed by atoms with Gasteiger partial charge in [-0.2, -0.15) is 0 Å². The Labute approximate surface area is 300 Å². The van der Waals surface area contributed by atoms with Gasteiger partial charge in [0.15, 0.2) is 0 Å². The maximum absolute atomic E-state index is 9.94. The molecule has 0 spiro atoms. The van der Waals surface area contributed by atoms with Crippen molar-refractivity contribution in [1.29, 1.82) is 0 Å². The second-order valence-corrected chi connectivity index (χ2v) is 10.9. The summed E-state index contributed by atoms with van der Waals surface area (Å²) < 4.78 is 184. The molecular weight excluding hydrogens is 569 g/mol. The maximum Gasteiger partial charge on any atom is 0.136 e. The molecule has 0 unspecified atom stereocenters. The molecule has 218 valence electrons. The summed E-state index contributed by atoms with van der Waals surface area (Å²) in [4.78, 5) is 0. The van der Waals surface area contributed by atoms with Gasteiger partial charge in [-0.1, -0.05) is 139 Å². The fourth-order valence-electron chi connectivity index (χ4n) is 6.40. The van der Waals surface area contributed by atoms with Crippen LogP contribution in [0.2, 0.25) is 0 Å². The van der Waals surface area contributed by atoms with E-state index >= 15 is 0 Å². The van der Waals surface area contributed by atoms with Gasteiger partial charge in [-0.05, 0) is 107 Å². The first kappa shape index (κ1) is 13.3. The molecule has 0 aliphatic rings. The molecule has 1 heteroatoms. The molecule has 47 heavy (non-hydrogen) atoms. The minimum Gasteiger partial charge on any atom is -0.456 e. The minimum absolute atomic E-state index is 0.0546. The van der Waals surface area contributed by atoms with Crippen molar-refractivity contribution in [3.05, 3.63) is 169 Å². The Morgan fingerprint density at radius 2 is 0.979 bits per heavy atom. The van der Waals surface area contributed by atoms with Crippen molar-refractivity contribution in [3.8, 4) is 33.4 Å². The quantitative estimate of drug-likeness (QED) is 0.180. The monoisotopic (exact) mass is 616 g/mol. The molecule has 0 aliphatic heterocycles. The largest absolute Gasteiger partial charge is 0.456 e. The molecule has 1 nitrogen and oxygen atoms in total. The summed E-state index contributed by atoms with van der Waals surface area (Å²) in [7, 11) is 0. The number of hydrogen-bond acceptors (Lipinski definition) is 1. The summed E-state index contributed by atoms with van der Waals surface area (Å²) in [5.41, 5.74) is -1.51. The third kappa shape index (κ3) is 3.97. The van der Waals surface area contributed by atoms with Crippen molar-refractivity contribution in [3.63, 3.8) is 0 Å². The van der Waals surface area contributed by atoms with Crippen molar-refractivity contribution in [2.75, 3.05) is 0 Å². The fourth-order valence-corrected chi connectivity index (χ4v) is 6.40. The van der Waals surface area contributed by atoms with Crippen LogP contribution in [0.25, 0.3) is 98.4 Å². The second-order valence-electron chi connectivity index (χ2n) is 10.9. The Kier molecular flexibility index (Phi) is 2.87. The highest BCUT2D eigenvalue weighted by Gasteiger charge is 2.21. The van der Waals surface area contributed by atoms with Crippen LogP contribution in [0, 0.1) is 0 Å². The Bertz CT molecular complexity index is 3900. The molecule has 10 rings (SSSR count). The van der Waals surface area contributed by atoms with Gasteiger partial charge in [-0.15, -0.1) is 0 Å². The zero-order valence-corrected chi connectivity index (χ0v) is 24.0. The summed E-state index contributed by atoms with van der Waals surface area (Å²) in [6, 6.07) is 0.258. The predicted octanol–water partition coefficient (Wildman–Crippen LogP) is 13.2. The normalized spacial score (nSPS) is 17.8. The topological polar surface area (TPSA) is 13.1 Å². The van der Waals surface area contributed by atoms with Crippen LogP contribution in [0.4, 0.5) is 0 Å². The van der Waals surface area contributed by atoms with Crippen LogP contribution >= 0.6 is 0 Å². The molecule has 0 fully saturated rings. The van der Waals surface area contributed by atoms with Crippen LogP contribution in [0.3, 0.4) is 0 Å². The van der Waals surface area contributed by atoms with Gasteiger partial charge in [0.25, 0.3) is 0 Å². The number of benzene rings is 9. The van der Waals surface area contributed by atoms with Crippen molar-refractivity contribution < 1.29 is 31.8 Å².